The average molecular weight is 441 g/mol. The number of carbonyl (C=O) groups is 2. The number of likely N-dealkylation sites (tertiary alicyclic amines) is 1. The molecule has 6 nitrogen and oxygen atoms in total. The van der Waals surface area contributed by atoms with Crippen molar-refractivity contribution in [2.24, 2.45) is 11.8 Å². The second-order valence-corrected chi connectivity index (χ2v) is 9.99. The van der Waals surface area contributed by atoms with Gasteiger partial charge in [-0.1, -0.05) is 38.2 Å². The predicted octanol–water partition coefficient (Wildman–Crippen LogP) is 4.11. The van der Waals surface area contributed by atoms with Gasteiger partial charge in [-0.15, -0.1) is 0 Å². The molecule has 0 unspecified atom stereocenters. The Morgan fingerprint density at radius 3 is 2.19 bits per heavy atom. The van der Waals surface area contributed by atoms with Crippen LogP contribution in [-0.4, -0.2) is 65.9 Å². The van der Waals surface area contributed by atoms with Crippen LogP contribution in [0.1, 0.15) is 70.6 Å². The van der Waals surface area contributed by atoms with Crippen LogP contribution in [0.5, 0.6) is 0 Å². The first-order valence-corrected chi connectivity index (χ1v) is 12.9. The molecule has 3 aliphatic rings. The highest BCUT2D eigenvalue weighted by molar-refractivity contribution is 5.77. The Bertz CT molecular complexity index is 727. The van der Waals surface area contributed by atoms with E-state index in [1.54, 1.807) is 0 Å². The fourth-order valence-electron chi connectivity index (χ4n) is 5.70. The lowest BCUT2D eigenvalue weighted by molar-refractivity contribution is -0.133. The van der Waals surface area contributed by atoms with Gasteiger partial charge in [0, 0.05) is 58.3 Å². The van der Waals surface area contributed by atoms with Crippen LogP contribution in [0.25, 0.3) is 0 Å². The van der Waals surface area contributed by atoms with E-state index in [4.69, 9.17) is 0 Å². The third-order valence-corrected chi connectivity index (χ3v) is 7.73. The highest BCUT2D eigenvalue weighted by Gasteiger charge is 2.27. The number of hydrogen-bond acceptors (Lipinski definition) is 4. The number of carbonyl (C=O) groups excluding carboxylic acids is 2. The van der Waals surface area contributed by atoms with Crippen LogP contribution in [-0.2, 0) is 9.59 Å². The summed E-state index contributed by atoms with van der Waals surface area (Å²) in [6, 6.07) is 5.97. The monoisotopic (exact) mass is 440 g/mol. The summed E-state index contributed by atoms with van der Waals surface area (Å²) in [5, 5.41) is 0. The molecule has 3 heterocycles. The molecule has 4 rings (SSSR count). The fraction of sp³-hybridized carbons (Fsp3) is 0.731. The molecule has 0 aromatic carbocycles. The lowest BCUT2D eigenvalue weighted by atomic mass is 9.86. The van der Waals surface area contributed by atoms with Crippen molar-refractivity contribution in [1.29, 1.82) is 0 Å². The first kappa shape index (κ1) is 23.1. The SMILES string of the molecule is O=C(CC[C@H]1CCCN(C(=O)CCC2CCCCC2)C1)N1CCN(c2ccccn2)CC1. The third kappa shape index (κ3) is 6.46. The summed E-state index contributed by atoms with van der Waals surface area (Å²) >= 11 is 0. The van der Waals surface area contributed by atoms with Crippen molar-refractivity contribution in [3.05, 3.63) is 24.4 Å². The summed E-state index contributed by atoms with van der Waals surface area (Å²) in [5.74, 6) is 2.85. The molecule has 2 saturated heterocycles. The third-order valence-electron chi connectivity index (χ3n) is 7.73. The van der Waals surface area contributed by atoms with Gasteiger partial charge in [0.25, 0.3) is 0 Å². The lowest BCUT2D eigenvalue weighted by Gasteiger charge is -2.36. The molecule has 1 aromatic heterocycles. The molecule has 0 spiro atoms. The van der Waals surface area contributed by atoms with Gasteiger partial charge in [-0.25, -0.2) is 4.98 Å². The number of amides is 2. The van der Waals surface area contributed by atoms with Crippen molar-refractivity contribution >= 4 is 17.6 Å². The zero-order valence-corrected chi connectivity index (χ0v) is 19.6. The maximum atomic E-state index is 12.8. The number of hydrogen-bond donors (Lipinski definition) is 0. The summed E-state index contributed by atoms with van der Waals surface area (Å²) in [6.45, 7) is 4.98. The molecular weight excluding hydrogens is 400 g/mol. The van der Waals surface area contributed by atoms with Crippen LogP contribution in [0.15, 0.2) is 24.4 Å². The van der Waals surface area contributed by atoms with Crippen LogP contribution in [0.4, 0.5) is 5.82 Å². The summed E-state index contributed by atoms with van der Waals surface area (Å²) < 4.78 is 0. The smallest absolute Gasteiger partial charge is 0.222 e. The van der Waals surface area contributed by atoms with E-state index in [-0.39, 0.29) is 5.91 Å². The molecule has 1 atom stereocenters. The van der Waals surface area contributed by atoms with Crippen LogP contribution in [0.2, 0.25) is 0 Å². The Labute approximate surface area is 193 Å². The van der Waals surface area contributed by atoms with Crippen LogP contribution in [0.3, 0.4) is 0 Å². The quantitative estimate of drug-likeness (QED) is 0.640. The van der Waals surface area contributed by atoms with Gasteiger partial charge < -0.3 is 14.7 Å². The van der Waals surface area contributed by atoms with E-state index >= 15 is 0 Å². The lowest BCUT2D eigenvalue weighted by Crippen LogP contribution is -2.49. The topological polar surface area (TPSA) is 56.8 Å². The van der Waals surface area contributed by atoms with Crippen molar-refractivity contribution in [3.63, 3.8) is 0 Å². The molecular formula is C26H40N4O2. The van der Waals surface area contributed by atoms with E-state index in [0.717, 1.165) is 83.1 Å². The largest absolute Gasteiger partial charge is 0.353 e. The number of piperazine rings is 1. The van der Waals surface area contributed by atoms with Crippen molar-refractivity contribution in [1.82, 2.24) is 14.8 Å². The molecule has 176 valence electrons. The van der Waals surface area contributed by atoms with Gasteiger partial charge in [-0.3, -0.25) is 9.59 Å². The maximum absolute atomic E-state index is 12.8. The van der Waals surface area contributed by atoms with Gasteiger partial charge in [0.05, 0.1) is 0 Å². The minimum Gasteiger partial charge on any atom is -0.353 e. The number of piperidine rings is 1. The number of aromatic nitrogens is 1. The second-order valence-electron chi connectivity index (χ2n) is 9.99. The molecule has 6 heteroatoms. The minimum absolute atomic E-state index is 0.270. The van der Waals surface area contributed by atoms with Gasteiger partial charge in [0.2, 0.25) is 11.8 Å². The van der Waals surface area contributed by atoms with Gasteiger partial charge in [0.1, 0.15) is 5.82 Å². The van der Waals surface area contributed by atoms with Gasteiger partial charge in [0.15, 0.2) is 0 Å². The molecule has 1 aliphatic carbocycles. The number of anilines is 1. The highest BCUT2D eigenvalue weighted by atomic mass is 16.2. The van der Waals surface area contributed by atoms with E-state index in [0.29, 0.717) is 18.2 Å². The molecule has 1 saturated carbocycles. The van der Waals surface area contributed by atoms with E-state index in [1.807, 2.05) is 29.3 Å². The summed E-state index contributed by atoms with van der Waals surface area (Å²) in [7, 11) is 0. The van der Waals surface area contributed by atoms with E-state index in [2.05, 4.69) is 14.8 Å². The van der Waals surface area contributed by atoms with Gasteiger partial charge in [-0.2, -0.15) is 0 Å². The molecule has 32 heavy (non-hydrogen) atoms. The summed E-state index contributed by atoms with van der Waals surface area (Å²) in [4.78, 5) is 36.3. The predicted molar refractivity (Wildman–Crippen MR) is 127 cm³/mol. The molecule has 0 radical (unpaired) electrons. The Hall–Kier alpha value is -2.11. The Morgan fingerprint density at radius 1 is 0.781 bits per heavy atom. The fourth-order valence-corrected chi connectivity index (χ4v) is 5.70. The summed E-state index contributed by atoms with van der Waals surface area (Å²) in [6.07, 6.45) is 14.0. The average Bonchev–Trinajstić information content (AvgIpc) is 2.87. The molecule has 0 N–H and O–H groups in total. The van der Waals surface area contributed by atoms with Crippen molar-refractivity contribution in [3.8, 4) is 0 Å². The zero-order valence-electron chi connectivity index (χ0n) is 19.6. The van der Waals surface area contributed by atoms with E-state index in [1.165, 1.54) is 32.1 Å². The Morgan fingerprint density at radius 2 is 1.47 bits per heavy atom. The number of pyridine rings is 1. The van der Waals surface area contributed by atoms with Crippen molar-refractivity contribution in [2.75, 3.05) is 44.2 Å². The van der Waals surface area contributed by atoms with E-state index < -0.39 is 0 Å². The van der Waals surface area contributed by atoms with Crippen LogP contribution < -0.4 is 4.90 Å². The van der Waals surface area contributed by atoms with Crippen LogP contribution in [0, 0.1) is 11.8 Å². The van der Waals surface area contributed by atoms with Gasteiger partial charge >= 0.3 is 0 Å². The van der Waals surface area contributed by atoms with E-state index in [9.17, 15) is 9.59 Å². The van der Waals surface area contributed by atoms with Crippen molar-refractivity contribution in [2.45, 2.75) is 70.6 Å². The second kappa shape index (κ2) is 11.7. The Kier molecular flexibility index (Phi) is 8.41. The normalized spacial score (nSPS) is 22.8. The number of nitrogens with zero attached hydrogens (tertiary/aromatic N) is 4. The zero-order chi connectivity index (χ0) is 22.2. The molecule has 1 aromatic rings. The molecule has 0 bridgehead atoms. The van der Waals surface area contributed by atoms with Crippen molar-refractivity contribution < 1.29 is 9.59 Å². The van der Waals surface area contributed by atoms with Crippen LogP contribution >= 0.6 is 0 Å². The first-order valence-electron chi connectivity index (χ1n) is 12.9. The standard InChI is InChI=1S/C26H40N4O2/c31-25(29-19-17-28(18-20-29)24-10-4-5-15-27-24)14-12-23-9-6-16-30(21-23)26(32)13-11-22-7-2-1-3-8-22/h4-5,10,15,22-23H,1-3,6-9,11-14,16-21H2/t23-/m1/s1. The highest BCUT2D eigenvalue weighted by Crippen LogP contribution is 2.28. The first-order chi connectivity index (χ1) is 15.7. The molecule has 2 amide bonds. The number of rotatable bonds is 7. The molecule has 3 fully saturated rings. The Balaban J connectivity index is 1.15. The molecule has 2 aliphatic heterocycles. The summed E-state index contributed by atoms with van der Waals surface area (Å²) in [5.41, 5.74) is 0. The van der Waals surface area contributed by atoms with Gasteiger partial charge in [-0.05, 0) is 49.7 Å². The maximum Gasteiger partial charge on any atom is 0.222 e. The minimum atomic E-state index is 0.270.